The number of rotatable bonds is 5. The molecule has 4 rings (SSSR count). The fourth-order valence-electron chi connectivity index (χ4n) is 3.19. The summed E-state index contributed by atoms with van der Waals surface area (Å²) in [5, 5.41) is 4.24. The van der Waals surface area contributed by atoms with Gasteiger partial charge in [-0.05, 0) is 38.1 Å². The van der Waals surface area contributed by atoms with Crippen LogP contribution in [0.1, 0.15) is 25.2 Å². The monoisotopic (exact) mass is 384 g/mol. The zero-order valence-electron chi connectivity index (χ0n) is 15.2. The lowest BCUT2D eigenvalue weighted by Crippen LogP contribution is -2.15. The smallest absolute Gasteiger partial charge is 0.357 e. The highest BCUT2D eigenvalue weighted by atomic mass is 31.2. The molecule has 3 aromatic rings. The predicted molar refractivity (Wildman–Crippen MR) is 105 cm³/mol. The van der Waals surface area contributed by atoms with Crippen molar-refractivity contribution < 1.29 is 18.3 Å². The van der Waals surface area contributed by atoms with Crippen LogP contribution in [0, 0.1) is 0 Å². The number of ether oxygens (including phenoxy) is 1. The third kappa shape index (κ3) is 3.32. The Morgan fingerprint density at radius 3 is 2.56 bits per heavy atom. The number of nitrogens with zero attached hydrogens (tertiary/aromatic N) is 1. The highest BCUT2D eigenvalue weighted by Crippen LogP contribution is 2.63. The first-order valence-electron chi connectivity index (χ1n) is 8.96. The van der Waals surface area contributed by atoms with Crippen LogP contribution in [-0.4, -0.2) is 18.2 Å². The van der Waals surface area contributed by atoms with E-state index in [1.807, 2.05) is 54.6 Å². The van der Waals surface area contributed by atoms with E-state index < -0.39 is 13.4 Å². The molecule has 1 aliphatic heterocycles. The topological polar surface area (TPSA) is 69.7 Å². The molecular formula is C20H21N2O4P. The number of anilines is 1. The van der Waals surface area contributed by atoms with E-state index in [9.17, 15) is 4.57 Å². The summed E-state index contributed by atoms with van der Waals surface area (Å²) in [6, 6.07) is 17.2. The summed E-state index contributed by atoms with van der Waals surface area (Å²) in [7, 11) is -3.52. The average Bonchev–Trinajstić information content (AvgIpc) is 2.83. The largest absolute Gasteiger partial charge is 0.436 e. The van der Waals surface area contributed by atoms with Gasteiger partial charge in [0, 0.05) is 10.9 Å². The standard InChI is InChI=1S/C20H21N2O4P/c1-3-24-27(23,25-4-2)20-15-13-14-9-5-6-10-16(14)21-19(15)26-18-12-8-7-11-17(18)22-20/h5-13,20,22H,3-4H2,1-2H3. The van der Waals surface area contributed by atoms with E-state index in [0.29, 0.717) is 22.9 Å². The van der Waals surface area contributed by atoms with Gasteiger partial charge >= 0.3 is 7.60 Å². The summed E-state index contributed by atoms with van der Waals surface area (Å²) in [6.45, 7) is 4.14. The summed E-state index contributed by atoms with van der Waals surface area (Å²) < 4.78 is 31.0. The Bertz CT molecular complexity index is 1010. The molecule has 1 aliphatic rings. The van der Waals surface area contributed by atoms with Gasteiger partial charge in [0.15, 0.2) is 11.5 Å². The number of fused-ring (bicyclic) bond motifs is 3. The molecule has 140 valence electrons. The van der Waals surface area contributed by atoms with Crippen molar-refractivity contribution >= 4 is 24.2 Å². The molecule has 0 fully saturated rings. The first-order chi connectivity index (χ1) is 13.1. The van der Waals surface area contributed by atoms with Gasteiger partial charge in [-0.3, -0.25) is 4.57 Å². The van der Waals surface area contributed by atoms with Gasteiger partial charge in [-0.1, -0.05) is 30.3 Å². The summed E-state index contributed by atoms with van der Waals surface area (Å²) in [4.78, 5) is 4.66. The molecule has 2 aromatic carbocycles. The van der Waals surface area contributed by atoms with Crippen molar-refractivity contribution in [1.29, 1.82) is 0 Å². The van der Waals surface area contributed by atoms with E-state index in [1.165, 1.54) is 0 Å². The molecule has 0 spiro atoms. The molecular weight excluding hydrogens is 363 g/mol. The third-order valence-electron chi connectivity index (χ3n) is 4.33. The SMILES string of the molecule is CCOP(=O)(OCC)C1Nc2ccccc2Oc2nc3ccccc3cc21. The van der Waals surface area contributed by atoms with E-state index in [-0.39, 0.29) is 13.2 Å². The van der Waals surface area contributed by atoms with Crippen LogP contribution in [0.3, 0.4) is 0 Å². The quantitative estimate of drug-likeness (QED) is 0.568. The lowest BCUT2D eigenvalue weighted by atomic mass is 10.1. The van der Waals surface area contributed by atoms with Crippen molar-refractivity contribution in [1.82, 2.24) is 4.98 Å². The lowest BCUT2D eigenvalue weighted by molar-refractivity contribution is 0.214. The molecule has 1 atom stereocenters. The van der Waals surface area contributed by atoms with E-state index in [4.69, 9.17) is 13.8 Å². The number of nitrogens with one attached hydrogen (secondary N) is 1. The van der Waals surface area contributed by atoms with Gasteiger partial charge in [-0.15, -0.1) is 0 Å². The molecule has 2 heterocycles. The molecule has 6 nitrogen and oxygen atoms in total. The van der Waals surface area contributed by atoms with E-state index in [1.54, 1.807) is 13.8 Å². The van der Waals surface area contributed by atoms with Crippen LogP contribution >= 0.6 is 7.60 Å². The van der Waals surface area contributed by atoms with Crippen LogP contribution in [-0.2, 0) is 13.6 Å². The van der Waals surface area contributed by atoms with Gasteiger partial charge in [0.25, 0.3) is 0 Å². The normalized spacial score (nSPS) is 16.0. The third-order valence-corrected chi connectivity index (χ3v) is 6.61. The minimum absolute atomic E-state index is 0.272. The average molecular weight is 384 g/mol. The van der Waals surface area contributed by atoms with Gasteiger partial charge in [0.2, 0.25) is 5.88 Å². The summed E-state index contributed by atoms with van der Waals surface area (Å²) >= 11 is 0. The molecule has 1 unspecified atom stereocenters. The van der Waals surface area contributed by atoms with Crippen LogP contribution in [0.2, 0.25) is 0 Å². The molecule has 0 saturated carbocycles. The maximum absolute atomic E-state index is 13.6. The fraction of sp³-hybridized carbons (Fsp3) is 0.250. The molecule has 1 aromatic heterocycles. The minimum Gasteiger partial charge on any atom is -0.436 e. The number of pyridine rings is 1. The van der Waals surface area contributed by atoms with Crippen molar-refractivity contribution in [2.24, 2.45) is 0 Å². The Balaban J connectivity index is 1.95. The second-order valence-corrected chi connectivity index (χ2v) is 8.21. The number of benzene rings is 2. The Kier molecular flexibility index (Phi) is 4.87. The summed E-state index contributed by atoms with van der Waals surface area (Å²) in [6.07, 6.45) is 0. The second kappa shape index (κ2) is 7.31. The Labute approximate surface area is 158 Å². The number of hydrogen-bond donors (Lipinski definition) is 1. The molecule has 0 saturated heterocycles. The molecule has 0 aliphatic carbocycles. The molecule has 27 heavy (non-hydrogen) atoms. The highest BCUT2D eigenvalue weighted by molar-refractivity contribution is 7.54. The van der Waals surface area contributed by atoms with E-state index >= 15 is 0 Å². The fourth-order valence-corrected chi connectivity index (χ4v) is 5.11. The van der Waals surface area contributed by atoms with Crippen molar-refractivity contribution in [3.8, 4) is 11.6 Å². The number of para-hydroxylation sites is 3. The zero-order chi connectivity index (χ0) is 18.9. The highest BCUT2D eigenvalue weighted by Gasteiger charge is 2.41. The van der Waals surface area contributed by atoms with Crippen LogP contribution in [0.5, 0.6) is 11.6 Å². The Morgan fingerprint density at radius 1 is 1.07 bits per heavy atom. The van der Waals surface area contributed by atoms with Gasteiger partial charge in [0.05, 0.1) is 24.4 Å². The van der Waals surface area contributed by atoms with Crippen LogP contribution in [0.4, 0.5) is 5.69 Å². The van der Waals surface area contributed by atoms with Crippen molar-refractivity contribution in [2.75, 3.05) is 18.5 Å². The van der Waals surface area contributed by atoms with E-state index in [2.05, 4.69) is 10.3 Å². The molecule has 0 bridgehead atoms. The zero-order valence-corrected chi connectivity index (χ0v) is 16.1. The lowest BCUT2D eigenvalue weighted by Gasteiger charge is -2.27. The van der Waals surface area contributed by atoms with Crippen molar-refractivity contribution in [2.45, 2.75) is 19.6 Å². The molecule has 0 radical (unpaired) electrons. The second-order valence-electron chi connectivity index (χ2n) is 6.10. The van der Waals surface area contributed by atoms with Gasteiger partial charge in [-0.25, -0.2) is 4.98 Å². The van der Waals surface area contributed by atoms with Crippen LogP contribution in [0.25, 0.3) is 10.9 Å². The van der Waals surface area contributed by atoms with Crippen molar-refractivity contribution in [3.05, 3.63) is 60.2 Å². The first kappa shape index (κ1) is 18.0. The minimum atomic E-state index is -3.52. The van der Waals surface area contributed by atoms with Crippen LogP contribution < -0.4 is 10.1 Å². The van der Waals surface area contributed by atoms with Gasteiger partial charge in [-0.2, -0.15) is 0 Å². The Morgan fingerprint density at radius 2 is 1.78 bits per heavy atom. The maximum Gasteiger partial charge on any atom is 0.357 e. The summed E-state index contributed by atoms with van der Waals surface area (Å²) in [5.41, 5.74) is 2.16. The summed E-state index contributed by atoms with van der Waals surface area (Å²) in [5.74, 6) is 0.285. The molecule has 0 amide bonds. The molecule has 7 heteroatoms. The van der Waals surface area contributed by atoms with Gasteiger partial charge in [0.1, 0.15) is 0 Å². The van der Waals surface area contributed by atoms with Gasteiger partial charge < -0.3 is 19.1 Å². The molecule has 1 N–H and O–H groups in total. The number of hydrogen-bond acceptors (Lipinski definition) is 6. The van der Waals surface area contributed by atoms with Crippen LogP contribution in [0.15, 0.2) is 54.6 Å². The Hall–Kier alpha value is -2.40. The predicted octanol–water partition coefficient (Wildman–Crippen LogP) is 5.72. The van der Waals surface area contributed by atoms with Crippen molar-refractivity contribution in [3.63, 3.8) is 0 Å². The first-order valence-corrected chi connectivity index (χ1v) is 10.6. The van der Waals surface area contributed by atoms with E-state index in [0.717, 1.165) is 10.9 Å². The maximum atomic E-state index is 13.6. The number of aromatic nitrogens is 1.